The zero-order chi connectivity index (χ0) is 10.8. The van der Waals surface area contributed by atoms with Gasteiger partial charge in [0.15, 0.2) is 0 Å². The summed E-state index contributed by atoms with van der Waals surface area (Å²) < 4.78 is 0. The Balaban J connectivity index is 2.18. The van der Waals surface area contributed by atoms with Crippen molar-refractivity contribution in [1.29, 1.82) is 0 Å². The molecule has 1 aromatic heterocycles. The van der Waals surface area contributed by atoms with E-state index in [1.807, 2.05) is 18.9 Å². The first-order valence-electron chi connectivity index (χ1n) is 5.18. The van der Waals surface area contributed by atoms with Gasteiger partial charge in [0.05, 0.1) is 0 Å². The van der Waals surface area contributed by atoms with Gasteiger partial charge in [-0.3, -0.25) is 0 Å². The van der Waals surface area contributed by atoms with Crippen molar-refractivity contribution in [2.24, 2.45) is 0 Å². The second-order valence-electron chi connectivity index (χ2n) is 3.75. The molecule has 15 heavy (non-hydrogen) atoms. The standard InChI is InChI=1S/C9H16N6/c1-3-15(2)9-13-7(10)12-8(14-9)11-6-4-5-6/h6H,3-5H2,1-2H3,(H3,10,11,12,13,14). The second kappa shape index (κ2) is 3.88. The van der Waals surface area contributed by atoms with Gasteiger partial charge >= 0.3 is 0 Å². The van der Waals surface area contributed by atoms with E-state index in [0.717, 1.165) is 6.54 Å². The highest BCUT2D eigenvalue weighted by Crippen LogP contribution is 2.23. The fourth-order valence-corrected chi connectivity index (χ4v) is 1.17. The van der Waals surface area contributed by atoms with Crippen molar-refractivity contribution >= 4 is 17.8 Å². The zero-order valence-electron chi connectivity index (χ0n) is 9.06. The van der Waals surface area contributed by atoms with Gasteiger partial charge < -0.3 is 16.0 Å². The van der Waals surface area contributed by atoms with Crippen LogP contribution in [-0.4, -0.2) is 34.6 Å². The van der Waals surface area contributed by atoms with Crippen molar-refractivity contribution in [3.05, 3.63) is 0 Å². The minimum absolute atomic E-state index is 0.267. The molecule has 2 rings (SSSR count). The Morgan fingerprint density at radius 2 is 2.13 bits per heavy atom. The molecule has 0 aliphatic heterocycles. The van der Waals surface area contributed by atoms with E-state index >= 15 is 0 Å². The molecule has 82 valence electrons. The molecule has 1 aliphatic rings. The van der Waals surface area contributed by atoms with Gasteiger partial charge in [-0.25, -0.2) is 0 Å². The maximum atomic E-state index is 5.62. The molecule has 0 unspecified atom stereocenters. The summed E-state index contributed by atoms with van der Waals surface area (Å²) in [5.74, 6) is 1.47. The molecular weight excluding hydrogens is 192 g/mol. The van der Waals surface area contributed by atoms with Crippen LogP contribution in [-0.2, 0) is 0 Å². The van der Waals surface area contributed by atoms with Crippen molar-refractivity contribution < 1.29 is 0 Å². The average Bonchev–Trinajstić information content (AvgIpc) is 2.99. The molecule has 3 N–H and O–H groups in total. The third-order valence-electron chi connectivity index (χ3n) is 2.37. The van der Waals surface area contributed by atoms with Crippen LogP contribution in [0.3, 0.4) is 0 Å². The molecule has 1 aliphatic carbocycles. The number of nitrogens with zero attached hydrogens (tertiary/aromatic N) is 4. The Hall–Kier alpha value is -1.59. The molecule has 0 aromatic carbocycles. The first-order valence-corrected chi connectivity index (χ1v) is 5.18. The molecule has 1 saturated carbocycles. The number of rotatable bonds is 4. The summed E-state index contributed by atoms with van der Waals surface area (Å²) in [6.07, 6.45) is 2.37. The molecule has 1 fully saturated rings. The normalized spacial score (nSPS) is 15.1. The van der Waals surface area contributed by atoms with Crippen LogP contribution in [0.2, 0.25) is 0 Å². The van der Waals surface area contributed by atoms with E-state index in [-0.39, 0.29) is 5.95 Å². The Morgan fingerprint density at radius 3 is 2.73 bits per heavy atom. The molecule has 6 heteroatoms. The molecule has 0 spiro atoms. The molecule has 1 heterocycles. The lowest BCUT2D eigenvalue weighted by molar-refractivity contribution is 0.884. The quantitative estimate of drug-likeness (QED) is 0.749. The predicted molar refractivity (Wildman–Crippen MR) is 59.8 cm³/mol. The smallest absolute Gasteiger partial charge is 0.231 e. The second-order valence-corrected chi connectivity index (χ2v) is 3.75. The van der Waals surface area contributed by atoms with Crippen molar-refractivity contribution in [2.45, 2.75) is 25.8 Å². The van der Waals surface area contributed by atoms with Gasteiger partial charge in [-0.2, -0.15) is 15.0 Å². The number of hydrogen-bond acceptors (Lipinski definition) is 6. The number of aromatic nitrogens is 3. The summed E-state index contributed by atoms with van der Waals surface area (Å²) in [5, 5.41) is 3.21. The van der Waals surface area contributed by atoms with Gasteiger partial charge in [-0.1, -0.05) is 0 Å². The van der Waals surface area contributed by atoms with Gasteiger partial charge in [0.1, 0.15) is 0 Å². The van der Waals surface area contributed by atoms with E-state index in [9.17, 15) is 0 Å². The Bertz CT molecular complexity index is 348. The molecule has 6 nitrogen and oxygen atoms in total. The number of nitrogen functional groups attached to an aromatic ring is 1. The highest BCUT2D eigenvalue weighted by atomic mass is 15.3. The Morgan fingerprint density at radius 1 is 1.40 bits per heavy atom. The summed E-state index contributed by atoms with van der Waals surface area (Å²) in [5.41, 5.74) is 5.62. The van der Waals surface area contributed by atoms with Crippen LogP contribution < -0.4 is 16.0 Å². The summed E-state index contributed by atoms with van der Waals surface area (Å²) in [7, 11) is 1.93. The van der Waals surface area contributed by atoms with Gasteiger partial charge in [0.25, 0.3) is 0 Å². The van der Waals surface area contributed by atoms with Gasteiger partial charge in [-0.15, -0.1) is 0 Å². The fourth-order valence-electron chi connectivity index (χ4n) is 1.17. The highest BCUT2D eigenvalue weighted by Gasteiger charge is 2.22. The van der Waals surface area contributed by atoms with E-state index < -0.39 is 0 Å². The highest BCUT2D eigenvalue weighted by molar-refractivity contribution is 5.42. The molecular formula is C9H16N6. The number of anilines is 3. The van der Waals surface area contributed by atoms with Crippen LogP contribution in [0.25, 0.3) is 0 Å². The summed E-state index contributed by atoms with van der Waals surface area (Å²) >= 11 is 0. The topological polar surface area (TPSA) is 80.0 Å². The number of hydrogen-bond donors (Lipinski definition) is 2. The third-order valence-corrected chi connectivity index (χ3v) is 2.37. The van der Waals surface area contributed by atoms with E-state index in [2.05, 4.69) is 20.3 Å². The maximum absolute atomic E-state index is 5.62. The Labute approximate surface area is 88.9 Å². The summed E-state index contributed by atoms with van der Waals surface area (Å²) in [6, 6.07) is 0.520. The molecule has 0 radical (unpaired) electrons. The first-order chi connectivity index (χ1) is 7.19. The van der Waals surface area contributed by atoms with Crippen molar-refractivity contribution in [3.63, 3.8) is 0 Å². The summed E-state index contributed by atoms with van der Waals surface area (Å²) in [6.45, 7) is 2.88. The van der Waals surface area contributed by atoms with Crippen LogP contribution in [0.15, 0.2) is 0 Å². The van der Waals surface area contributed by atoms with E-state index in [1.165, 1.54) is 12.8 Å². The molecule has 0 atom stereocenters. The predicted octanol–water partition coefficient (Wildman–Crippen LogP) is 0.484. The largest absolute Gasteiger partial charge is 0.368 e. The van der Waals surface area contributed by atoms with Crippen molar-refractivity contribution in [2.75, 3.05) is 29.5 Å². The molecule has 0 bridgehead atoms. The third kappa shape index (κ3) is 2.45. The first kappa shape index (κ1) is 9.95. The maximum Gasteiger partial charge on any atom is 0.231 e. The van der Waals surface area contributed by atoms with Crippen LogP contribution in [0, 0.1) is 0 Å². The Kier molecular flexibility index (Phi) is 2.57. The van der Waals surface area contributed by atoms with Crippen molar-refractivity contribution in [1.82, 2.24) is 15.0 Å². The van der Waals surface area contributed by atoms with Gasteiger partial charge in [0.2, 0.25) is 17.8 Å². The zero-order valence-corrected chi connectivity index (χ0v) is 9.06. The van der Waals surface area contributed by atoms with E-state index in [0.29, 0.717) is 17.9 Å². The molecule has 1 aromatic rings. The molecule has 0 amide bonds. The summed E-state index contributed by atoms with van der Waals surface area (Å²) in [4.78, 5) is 14.3. The SMILES string of the molecule is CCN(C)c1nc(N)nc(NC2CC2)n1. The fraction of sp³-hybridized carbons (Fsp3) is 0.667. The monoisotopic (exact) mass is 208 g/mol. The average molecular weight is 208 g/mol. The van der Waals surface area contributed by atoms with Crippen LogP contribution in [0.5, 0.6) is 0 Å². The minimum Gasteiger partial charge on any atom is -0.368 e. The van der Waals surface area contributed by atoms with Crippen LogP contribution in [0.4, 0.5) is 17.8 Å². The van der Waals surface area contributed by atoms with Crippen LogP contribution >= 0.6 is 0 Å². The van der Waals surface area contributed by atoms with E-state index in [1.54, 1.807) is 0 Å². The minimum atomic E-state index is 0.267. The number of nitrogens with two attached hydrogens (primary N) is 1. The van der Waals surface area contributed by atoms with Crippen molar-refractivity contribution in [3.8, 4) is 0 Å². The lowest BCUT2D eigenvalue weighted by Crippen LogP contribution is -2.21. The lowest BCUT2D eigenvalue weighted by Gasteiger charge is -2.15. The lowest BCUT2D eigenvalue weighted by atomic mass is 10.6. The van der Waals surface area contributed by atoms with E-state index in [4.69, 9.17) is 5.73 Å². The van der Waals surface area contributed by atoms with Gasteiger partial charge in [-0.05, 0) is 19.8 Å². The molecule has 0 saturated heterocycles. The number of nitrogens with one attached hydrogen (secondary N) is 1. The van der Waals surface area contributed by atoms with Crippen LogP contribution in [0.1, 0.15) is 19.8 Å². The van der Waals surface area contributed by atoms with Gasteiger partial charge in [0, 0.05) is 19.6 Å².